The molecule has 0 aromatic rings. The van der Waals surface area contributed by atoms with E-state index < -0.39 is 0 Å². The van der Waals surface area contributed by atoms with E-state index in [1.54, 1.807) is 0 Å². The summed E-state index contributed by atoms with van der Waals surface area (Å²) in [7, 11) is 0. The average molecular weight is 589 g/mol. The molecule has 0 atom stereocenters. The summed E-state index contributed by atoms with van der Waals surface area (Å²) in [4.78, 5) is 23.3. The molecule has 0 unspecified atom stereocenters. The van der Waals surface area contributed by atoms with E-state index in [1.807, 2.05) is 0 Å². The molecule has 0 amide bonds. The Kier molecular flexibility index (Phi) is 33.9. The lowest BCUT2D eigenvalue weighted by Gasteiger charge is -2.08. The van der Waals surface area contributed by atoms with E-state index in [-0.39, 0.29) is 18.5 Å². The molecule has 0 radical (unpaired) electrons. The summed E-state index contributed by atoms with van der Waals surface area (Å²) in [5, 5.41) is 0. The van der Waals surface area contributed by atoms with Crippen LogP contribution < -0.4 is 0 Å². The van der Waals surface area contributed by atoms with Crippen molar-refractivity contribution in [1.29, 1.82) is 0 Å². The van der Waals surface area contributed by atoms with Crippen LogP contribution in [0.25, 0.3) is 0 Å². The lowest BCUT2D eigenvalue weighted by Crippen LogP contribution is -2.15. The van der Waals surface area contributed by atoms with Gasteiger partial charge in [0.15, 0.2) is 0 Å². The summed E-state index contributed by atoms with van der Waals surface area (Å²) in [6.07, 6.45) is 22.1. The minimum absolute atomic E-state index is 0.132. The van der Waals surface area contributed by atoms with Gasteiger partial charge in [-0.15, -0.1) is 0 Å². The Morgan fingerprint density at radius 3 is 0.902 bits per heavy atom. The third-order valence-electron chi connectivity index (χ3n) is 6.82. The first kappa shape index (κ1) is 39.8. The molecule has 8 heteroatoms. The molecule has 0 aromatic carbocycles. The molecule has 0 N–H and O–H groups in total. The molecule has 41 heavy (non-hydrogen) atoms. The fourth-order valence-corrected chi connectivity index (χ4v) is 4.32. The van der Waals surface area contributed by atoms with Crippen molar-refractivity contribution in [2.45, 2.75) is 136 Å². The second-order valence-electron chi connectivity index (χ2n) is 10.7. The highest BCUT2D eigenvalue weighted by Gasteiger charge is 2.04. The first-order valence-electron chi connectivity index (χ1n) is 16.8. The van der Waals surface area contributed by atoms with Gasteiger partial charge in [-0.1, -0.05) is 110 Å². The molecule has 0 aliphatic carbocycles. The third kappa shape index (κ3) is 34.9. The Balaban J connectivity index is 3.19. The normalized spacial score (nSPS) is 11.2. The number of esters is 2. The summed E-state index contributed by atoms with van der Waals surface area (Å²) >= 11 is 0. The molecular formula is C33H64O8. The number of carbonyl (C=O) groups excluding carboxylic acids is 2. The number of rotatable bonds is 34. The van der Waals surface area contributed by atoms with Crippen molar-refractivity contribution in [1.82, 2.24) is 0 Å². The first-order valence-corrected chi connectivity index (χ1v) is 16.8. The van der Waals surface area contributed by atoms with Crippen molar-refractivity contribution in [3.8, 4) is 0 Å². The largest absolute Gasteiger partial charge is 0.463 e. The molecular weight excluding hydrogens is 524 g/mol. The Morgan fingerprint density at radius 1 is 0.341 bits per heavy atom. The van der Waals surface area contributed by atoms with Gasteiger partial charge in [-0.2, -0.15) is 0 Å². The predicted molar refractivity (Wildman–Crippen MR) is 164 cm³/mol. The Morgan fingerprint density at radius 2 is 0.585 bits per heavy atom. The van der Waals surface area contributed by atoms with Crippen LogP contribution in [0, 0.1) is 0 Å². The van der Waals surface area contributed by atoms with E-state index in [1.165, 1.54) is 70.6 Å². The van der Waals surface area contributed by atoms with Gasteiger partial charge in [0.25, 0.3) is 0 Å². The zero-order valence-electron chi connectivity index (χ0n) is 26.8. The molecule has 0 aromatic heterocycles. The minimum atomic E-state index is -0.150. The van der Waals surface area contributed by atoms with E-state index in [0.29, 0.717) is 72.3 Å². The Labute approximate surface area is 251 Å². The van der Waals surface area contributed by atoms with Crippen molar-refractivity contribution in [3.05, 3.63) is 0 Å². The van der Waals surface area contributed by atoms with Gasteiger partial charge < -0.3 is 28.4 Å². The highest BCUT2D eigenvalue weighted by molar-refractivity contribution is 5.69. The number of unbranched alkanes of at least 4 members (excludes halogenated alkanes) is 15. The van der Waals surface area contributed by atoms with Crippen molar-refractivity contribution in [2.75, 3.05) is 66.1 Å². The van der Waals surface area contributed by atoms with Crippen LogP contribution in [-0.4, -0.2) is 78.0 Å². The van der Waals surface area contributed by atoms with Crippen molar-refractivity contribution in [2.24, 2.45) is 0 Å². The van der Waals surface area contributed by atoms with Gasteiger partial charge in [0, 0.05) is 12.8 Å². The number of ether oxygens (including phenoxy) is 6. The maximum Gasteiger partial charge on any atom is 0.305 e. The average Bonchev–Trinajstić information content (AvgIpc) is 2.97. The van der Waals surface area contributed by atoms with E-state index in [4.69, 9.17) is 28.4 Å². The lowest BCUT2D eigenvalue weighted by atomic mass is 10.0. The SMILES string of the molecule is CCCCCCCCCCCCCCCC(=O)OCCOCCOCCOCCOCCOC(=O)CCCCCC. The van der Waals surface area contributed by atoms with Gasteiger partial charge in [-0.3, -0.25) is 9.59 Å². The van der Waals surface area contributed by atoms with Crippen molar-refractivity contribution in [3.63, 3.8) is 0 Å². The zero-order chi connectivity index (χ0) is 29.9. The lowest BCUT2D eigenvalue weighted by molar-refractivity contribution is -0.146. The van der Waals surface area contributed by atoms with Crippen LogP contribution in [0.15, 0.2) is 0 Å². The van der Waals surface area contributed by atoms with Crippen LogP contribution in [-0.2, 0) is 38.0 Å². The minimum Gasteiger partial charge on any atom is -0.463 e. The highest BCUT2D eigenvalue weighted by Crippen LogP contribution is 2.13. The molecule has 0 saturated carbocycles. The first-order chi connectivity index (χ1) is 20.2. The smallest absolute Gasteiger partial charge is 0.305 e. The van der Waals surface area contributed by atoms with Gasteiger partial charge in [-0.25, -0.2) is 0 Å². The van der Waals surface area contributed by atoms with E-state index in [2.05, 4.69) is 13.8 Å². The molecule has 244 valence electrons. The van der Waals surface area contributed by atoms with E-state index >= 15 is 0 Å². The molecule has 0 saturated heterocycles. The second-order valence-corrected chi connectivity index (χ2v) is 10.7. The number of hydrogen-bond acceptors (Lipinski definition) is 8. The standard InChI is InChI=1S/C33H64O8/c1-3-5-7-9-10-11-12-13-14-15-16-17-19-21-33(35)41-31-29-39-27-25-37-23-22-36-24-26-38-28-30-40-32(34)20-18-8-6-4-2/h3-31H2,1-2H3. The highest BCUT2D eigenvalue weighted by atomic mass is 16.6. The summed E-state index contributed by atoms with van der Waals surface area (Å²) in [6, 6.07) is 0. The van der Waals surface area contributed by atoms with Crippen LogP contribution in [0.4, 0.5) is 0 Å². The number of hydrogen-bond donors (Lipinski definition) is 0. The van der Waals surface area contributed by atoms with Gasteiger partial charge >= 0.3 is 11.9 Å². The summed E-state index contributed by atoms with van der Waals surface area (Å²) in [5.41, 5.74) is 0. The maximum absolute atomic E-state index is 11.8. The van der Waals surface area contributed by atoms with E-state index in [0.717, 1.165) is 38.5 Å². The molecule has 0 aliphatic heterocycles. The van der Waals surface area contributed by atoms with Crippen molar-refractivity contribution >= 4 is 11.9 Å². The molecule has 0 bridgehead atoms. The quantitative estimate of drug-likeness (QED) is 0.0561. The van der Waals surface area contributed by atoms with Crippen molar-refractivity contribution < 1.29 is 38.0 Å². The molecule has 0 heterocycles. The second kappa shape index (κ2) is 35.0. The Hall–Kier alpha value is -1.22. The summed E-state index contributed by atoms with van der Waals surface area (Å²) in [6.45, 7) is 8.56. The fourth-order valence-electron chi connectivity index (χ4n) is 4.32. The summed E-state index contributed by atoms with van der Waals surface area (Å²) in [5.74, 6) is -0.281. The van der Waals surface area contributed by atoms with Crippen LogP contribution in [0.1, 0.15) is 136 Å². The van der Waals surface area contributed by atoms with E-state index in [9.17, 15) is 9.59 Å². The maximum atomic E-state index is 11.8. The van der Waals surface area contributed by atoms with Gasteiger partial charge in [-0.05, 0) is 12.8 Å². The third-order valence-corrected chi connectivity index (χ3v) is 6.82. The molecule has 8 nitrogen and oxygen atoms in total. The number of carbonyl (C=O) groups is 2. The fraction of sp³-hybridized carbons (Fsp3) is 0.939. The Bertz CT molecular complexity index is 543. The van der Waals surface area contributed by atoms with Gasteiger partial charge in [0.05, 0.1) is 52.9 Å². The van der Waals surface area contributed by atoms with Gasteiger partial charge in [0.2, 0.25) is 0 Å². The molecule has 0 aliphatic rings. The molecule has 0 rings (SSSR count). The van der Waals surface area contributed by atoms with Gasteiger partial charge in [0.1, 0.15) is 13.2 Å². The van der Waals surface area contributed by atoms with Crippen LogP contribution >= 0.6 is 0 Å². The molecule has 0 spiro atoms. The van der Waals surface area contributed by atoms with Crippen LogP contribution in [0.3, 0.4) is 0 Å². The van der Waals surface area contributed by atoms with Crippen LogP contribution in [0.5, 0.6) is 0 Å². The van der Waals surface area contributed by atoms with Crippen LogP contribution in [0.2, 0.25) is 0 Å². The zero-order valence-corrected chi connectivity index (χ0v) is 26.8. The monoisotopic (exact) mass is 588 g/mol. The summed E-state index contributed by atoms with van der Waals surface area (Å²) < 4.78 is 32.1. The predicted octanol–water partition coefficient (Wildman–Crippen LogP) is 7.59. The molecule has 0 fully saturated rings. The topological polar surface area (TPSA) is 89.5 Å².